The van der Waals surface area contributed by atoms with E-state index in [1.54, 1.807) is 6.92 Å². The molecule has 0 aromatic heterocycles. The predicted molar refractivity (Wildman–Crippen MR) is 70.2 cm³/mol. The van der Waals surface area contributed by atoms with Gasteiger partial charge in [0.2, 0.25) is 10.0 Å². The fourth-order valence-corrected chi connectivity index (χ4v) is 3.18. The van der Waals surface area contributed by atoms with Crippen LogP contribution in [0.1, 0.15) is 12.5 Å². The molecule has 106 valence electrons. The summed E-state index contributed by atoms with van der Waals surface area (Å²) in [5, 5.41) is 8.86. The van der Waals surface area contributed by atoms with Crippen LogP contribution in [0.15, 0.2) is 17.0 Å². The summed E-state index contributed by atoms with van der Waals surface area (Å²) in [7, 11) is -2.54. The van der Waals surface area contributed by atoms with Crippen molar-refractivity contribution in [1.29, 1.82) is 0 Å². The molecule has 8 heteroatoms. The molecule has 0 spiro atoms. The molecule has 0 heterocycles. The summed E-state index contributed by atoms with van der Waals surface area (Å²) in [6.07, 6.45) is 0. The Morgan fingerprint density at radius 3 is 2.53 bits per heavy atom. The van der Waals surface area contributed by atoms with Crippen molar-refractivity contribution in [3.63, 3.8) is 0 Å². The van der Waals surface area contributed by atoms with E-state index in [0.717, 1.165) is 0 Å². The van der Waals surface area contributed by atoms with E-state index in [1.807, 2.05) is 0 Å². The highest BCUT2D eigenvalue weighted by Crippen LogP contribution is 2.30. The van der Waals surface area contributed by atoms with Crippen molar-refractivity contribution in [1.82, 2.24) is 4.72 Å². The van der Waals surface area contributed by atoms with Gasteiger partial charge in [-0.1, -0.05) is 11.6 Å². The highest BCUT2D eigenvalue weighted by Gasteiger charge is 2.24. The van der Waals surface area contributed by atoms with E-state index < -0.39 is 22.0 Å². The van der Waals surface area contributed by atoms with Gasteiger partial charge in [-0.05, 0) is 31.5 Å². The van der Waals surface area contributed by atoms with E-state index in [1.165, 1.54) is 26.2 Å². The number of carboxylic acids is 1. The van der Waals surface area contributed by atoms with Crippen LogP contribution in [-0.4, -0.2) is 32.6 Å². The lowest BCUT2D eigenvalue weighted by molar-refractivity contribution is -0.138. The first-order chi connectivity index (χ1) is 8.69. The second-order valence-corrected chi connectivity index (χ2v) is 6.02. The van der Waals surface area contributed by atoms with E-state index in [9.17, 15) is 13.2 Å². The first-order valence-corrected chi connectivity index (χ1v) is 7.14. The lowest BCUT2D eigenvalue weighted by atomic mass is 10.2. The quantitative estimate of drug-likeness (QED) is 0.858. The van der Waals surface area contributed by atoms with Crippen LogP contribution in [0.3, 0.4) is 0 Å². The van der Waals surface area contributed by atoms with Gasteiger partial charge in [-0.2, -0.15) is 4.72 Å². The van der Waals surface area contributed by atoms with E-state index >= 15 is 0 Å². The molecule has 0 saturated carbocycles. The third-order valence-electron chi connectivity index (χ3n) is 2.44. The van der Waals surface area contributed by atoms with Gasteiger partial charge in [0.05, 0.1) is 17.0 Å². The Labute approximate surface area is 116 Å². The van der Waals surface area contributed by atoms with Crippen LogP contribution in [0.5, 0.6) is 5.75 Å². The lowest BCUT2D eigenvalue weighted by Gasteiger charge is -2.13. The largest absolute Gasteiger partial charge is 0.495 e. The average Bonchev–Trinajstić information content (AvgIpc) is 2.30. The Balaban J connectivity index is 3.22. The minimum atomic E-state index is -3.95. The van der Waals surface area contributed by atoms with Crippen molar-refractivity contribution >= 4 is 27.6 Å². The zero-order chi connectivity index (χ0) is 14.8. The van der Waals surface area contributed by atoms with Crippen LogP contribution < -0.4 is 9.46 Å². The zero-order valence-corrected chi connectivity index (χ0v) is 12.2. The fourth-order valence-electron chi connectivity index (χ4n) is 1.43. The molecular weight excluding hydrogens is 294 g/mol. The van der Waals surface area contributed by atoms with E-state index in [-0.39, 0.29) is 9.92 Å². The maximum absolute atomic E-state index is 12.0. The second kappa shape index (κ2) is 5.77. The summed E-state index contributed by atoms with van der Waals surface area (Å²) < 4.78 is 31.1. The number of aliphatic carboxylic acids is 1. The van der Waals surface area contributed by atoms with Crippen molar-refractivity contribution in [3.05, 3.63) is 22.7 Å². The number of sulfonamides is 1. The number of halogens is 1. The molecule has 0 radical (unpaired) electrons. The molecule has 0 amide bonds. The van der Waals surface area contributed by atoms with Gasteiger partial charge in [0.25, 0.3) is 0 Å². The molecule has 0 saturated heterocycles. The van der Waals surface area contributed by atoms with Crippen molar-refractivity contribution in [2.75, 3.05) is 7.11 Å². The van der Waals surface area contributed by atoms with Gasteiger partial charge in [0, 0.05) is 0 Å². The number of nitrogens with one attached hydrogen (secondary N) is 1. The molecule has 1 aromatic rings. The number of methoxy groups -OCH3 is 1. The molecule has 0 aliphatic carbocycles. The smallest absolute Gasteiger partial charge is 0.321 e. The first kappa shape index (κ1) is 15.7. The number of aryl methyl sites for hydroxylation is 1. The molecule has 1 rings (SSSR count). The number of carbonyl (C=O) groups is 1. The van der Waals surface area contributed by atoms with Crippen molar-refractivity contribution < 1.29 is 23.1 Å². The normalized spacial score (nSPS) is 13.1. The Hall–Kier alpha value is -1.31. The summed E-state index contributed by atoms with van der Waals surface area (Å²) in [5.74, 6) is -0.912. The Morgan fingerprint density at radius 2 is 2.05 bits per heavy atom. The van der Waals surface area contributed by atoms with Crippen molar-refractivity contribution in [3.8, 4) is 5.75 Å². The standard InChI is InChI=1S/C11H14ClNO5S/c1-6-4-9(18-3)8(12)5-10(6)19(16,17)13-7(2)11(14)15/h4-5,7,13H,1-3H3,(H,14,15)/t7-/m1/s1. The molecule has 0 aliphatic heterocycles. The van der Waals surface area contributed by atoms with Crippen LogP contribution in [0.25, 0.3) is 0 Å². The van der Waals surface area contributed by atoms with E-state index in [2.05, 4.69) is 4.72 Å². The Morgan fingerprint density at radius 1 is 1.47 bits per heavy atom. The van der Waals surface area contributed by atoms with Gasteiger partial charge in [-0.3, -0.25) is 4.79 Å². The highest BCUT2D eigenvalue weighted by molar-refractivity contribution is 7.89. The summed E-state index contributed by atoms with van der Waals surface area (Å²) in [6.45, 7) is 2.80. The monoisotopic (exact) mass is 307 g/mol. The predicted octanol–water partition coefficient (Wildman–Crippen LogP) is 1.41. The molecule has 0 aliphatic rings. The van der Waals surface area contributed by atoms with Crippen LogP contribution in [-0.2, 0) is 14.8 Å². The minimum Gasteiger partial charge on any atom is -0.495 e. The minimum absolute atomic E-state index is 0.0774. The molecule has 1 aromatic carbocycles. The van der Waals surface area contributed by atoms with E-state index in [0.29, 0.717) is 11.3 Å². The zero-order valence-electron chi connectivity index (χ0n) is 10.6. The third kappa shape index (κ3) is 3.59. The summed E-state index contributed by atoms with van der Waals surface area (Å²) in [5.41, 5.74) is 0.409. The lowest BCUT2D eigenvalue weighted by Crippen LogP contribution is -2.38. The van der Waals surface area contributed by atoms with Gasteiger partial charge < -0.3 is 9.84 Å². The van der Waals surface area contributed by atoms with Crippen LogP contribution in [0.2, 0.25) is 5.02 Å². The number of rotatable bonds is 5. The molecule has 0 unspecified atom stereocenters. The number of ether oxygens (including phenoxy) is 1. The molecule has 1 atom stereocenters. The fraction of sp³-hybridized carbons (Fsp3) is 0.364. The second-order valence-electron chi connectivity index (χ2n) is 3.93. The Kier molecular flexibility index (Phi) is 4.78. The maximum Gasteiger partial charge on any atom is 0.321 e. The van der Waals surface area contributed by atoms with Crippen LogP contribution >= 0.6 is 11.6 Å². The third-order valence-corrected chi connectivity index (χ3v) is 4.42. The van der Waals surface area contributed by atoms with Crippen LogP contribution in [0.4, 0.5) is 0 Å². The SMILES string of the molecule is COc1cc(C)c(S(=O)(=O)N[C@H](C)C(=O)O)cc1Cl. The number of benzene rings is 1. The summed E-state index contributed by atoms with van der Waals surface area (Å²) >= 11 is 5.87. The van der Waals surface area contributed by atoms with Gasteiger partial charge in [-0.15, -0.1) is 0 Å². The van der Waals surface area contributed by atoms with Gasteiger partial charge >= 0.3 is 5.97 Å². The highest BCUT2D eigenvalue weighted by atomic mass is 35.5. The molecule has 0 fully saturated rings. The summed E-state index contributed by atoms with van der Waals surface area (Å²) in [6, 6.07) is 1.47. The molecule has 0 bridgehead atoms. The first-order valence-electron chi connectivity index (χ1n) is 5.28. The van der Waals surface area contributed by atoms with Crippen LogP contribution in [0, 0.1) is 6.92 Å². The number of hydrogen-bond donors (Lipinski definition) is 2. The maximum atomic E-state index is 12.0. The van der Waals surface area contributed by atoms with Gasteiger partial charge in [0.15, 0.2) is 0 Å². The molecular formula is C11H14ClNO5S. The summed E-state index contributed by atoms with van der Waals surface area (Å²) in [4.78, 5) is 10.6. The van der Waals surface area contributed by atoms with Crippen molar-refractivity contribution in [2.45, 2.75) is 24.8 Å². The van der Waals surface area contributed by atoms with Crippen molar-refractivity contribution in [2.24, 2.45) is 0 Å². The molecule has 6 nitrogen and oxygen atoms in total. The molecule has 2 N–H and O–H groups in total. The Bertz CT molecular complexity index is 599. The van der Waals surface area contributed by atoms with Gasteiger partial charge in [0.1, 0.15) is 11.8 Å². The number of carboxylic acid groups (broad SMARTS) is 1. The van der Waals surface area contributed by atoms with E-state index in [4.69, 9.17) is 21.4 Å². The topological polar surface area (TPSA) is 92.7 Å². The average molecular weight is 308 g/mol. The van der Waals surface area contributed by atoms with Gasteiger partial charge in [-0.25, -0.2) is 8.42 Å². The molecule has 19 heavy (non-hydrogen) atoms. The number of hydrogen-bond acceptors (Lipinski definition) is 4.